The van der Waals surface area contributed by atoms with Crippen molar-refractivity contribution >= 4 is 17.3 Å². The van der Waals surface area contributed by atoms with Crippen molar-refractivity contribution in [2.45, 2.75) is 18.9 Å². The third-order valence-electron chi connectivity index (χ3n) is 6.04. The molecule has 150 valence electrons. The number of anilines is 1. The molecule has 0 spiro atoms. The number of aromatic nitrogens is 1. The van der Waals surface area contributed by atoms with E-state index in [1.165, 1.54) is 11.1 Å². The van der Waals surface area contributed by atoms with Gasteiger partial charge < -0.3 is 10.6 Å². The molecule has 30 heavy (non-hydrogen) atoms. The molecule has 1 saturated heterocycles. The molecule has 2 aromatic carbocycles. The molecule has 0 radical (unpaired) electrons. The van der Waals surface area contributed by atoms with Crippen LogP contribution in [0.15, 0.2) is 78.0 Å². The van der Waals surface area contributed by atoms with Gasteiger partial charge in [0.15, 0.2) is 0 Å². The fraction of sp³-hybridized carbons (Fsp3) is 0.240. The molecular formula is C25H24N4O. The molecule has 2 aliphatic heterocycles. The summed E-state index contributed by atoms with van der Waals surface area (Å²) in [6.45, 7) is 2.30. The fourth-order valence-electron chi connectivity index (χ4n) is 4.49. The van der Waals surface area contributed by atoms with Gasteiger partial charge >= 0.3 is 0 Å². The van der Waals surface area contributed by atoms with E-state index in [9.17, 15) is 4.79 Å². The highest BCUT2D eigenvalue weighted by Gasteiger charge is 2.32. The lowest BCUT2D eigenvalue weighted by Gasteiger charge is -2.31. The van der Waals surface area contributed by atoms with E-state index < -0.39 is 0 Å². The SMILES string of the molecule is O=C(Nc1ccc2c(c1)C(c1ccncc1)=NC2)C1CNCCC1c1ccccc1. The first-order valence-corrected chi connectivity index (χ1v) is 10.4. The Kier molecular flexibility index (Phi) is 5.11. The number of carbonyl (C=O) groups excluding carboxylic acids is 1. The van der Waals surface area contributed by atoms with Crippen LogP contribution in [0.25, 0.3) is 0 Å². The summed E-state index contributed by atoms with van der Waals surface area (Å²) in [5, 5.41) is 6.55. The number of nitrogens with zero attached hydrogens (tertiary/aromatic N) is 2. The van der Waals surface area contributed by atoms with Gasteiger partial charge in [-0.1, -0.05) is 36.4 Å². The van der Waals surface area contributed by atoms with Crippen LogP contribution in [0.4, 0.5) is 5.69 Å². The largest absolute Gasteiger partial charge is 0.326 e. The monoisotopic (exact) mass is 396 g/mol. The van der Waals surface area contributed by atoms with Crippen LogP contribution in [0.1, 0.15) is 34.6 Å². The van der Waals surface area contributed by atoms with Crippen LogP contribution in [0.3, 0.4) is 0 Å². The standard InChI is InChI=1S/C25H24N4O/c30-25(23-16-27-13-10-21(23)17-4-2-1-3-5-17)29-20-7-6-19-15-28-24(22(19)14-20)18-8-11-26-12-9-18/h1-9,11-12,14,21,23,27H,10,13,15-16H2,(H,29,30). The summed E-state index contributed by atoms with van der Waals surface area (Å²) >= 11 is 0. The average Bonchev–Trinajstić information content (AvgIpc) is 3.23. The molecule has 2 atom stereocenters. The van der Waals surface area contributed by atoms with Gasteiger partial charge in [0.1, 0.15) is 0 Å². The van der Waals surface area contributed by atoms with Crippen molar-refractivity contribution in [3.8, 4) is 0 Å². The van der Waals surface area contributed by atoms with Gasteiger partial charge in [-0.3, -0.25) is 14.8 Å². The Labute approximate surface area is 176 Å². The molecule has 2 N–H and O–H groups in total. The first-order valence-electron chi connectivity index (χ1n) is 10.4. The second-order valence-electron chi connectivity index (χ2n) is 7.88. The number of piperidine rings is 1. The second-order valence-corrected chi connectivity index (χ2v) is 7.88. The summed E-state index contributed by atoms with van der Waals surface area (Å²) in [7, 11) is 0. The summed E-state index contributed by atoms with van der Waals surface area (Å²) in [4.78, 5) is 22.0. The Hall–Kier alpha value is -3.31. The Bertz CT molecular complexity index is 1080. The minimum atomic E-state index is -0.0947. The van der Waals surface area contributed by atoms with Gasteiger partial charge in [-0.15, -0.1) is 0 Å². The topological polar surface area (TPSA) is 66.4 Å². The van der Waals surface area contributed by atoms with Crippen LogP contribution in [0.5, 0.6) is 0 Å². The van der Waals surface area contributed by atoms with Gasteiger partial charge in [-0.05, 0) is 54.3 Å². The van der Waals surface area contributed by atoms with Gasteiger partial charge in [-0.2, -0.15) is 0 Å². The average molecular weight is 396 g/mol. The zero-order valence-corrected chi connectivity index (χ0v) is 16.7. The highest BCUT2D eigenvalue weighted by atomic mass is 16.1. The molecule has 2 aliphatic rings. The first kappa shape index (κ1) is 18.7. The number of pyridine rings is 1. The molecule has 5 nitrogen and oxygen atoms in total. The van der Waals surface area contributed by atoms with E-state index in [0.717, 1.165) is 35.5 Å². The van der Waals surface area contributed by atoms with Crippen molar-refractivity contribution < 1.29 is 4.79 Å². The molecule has 3 aromatic rings. The molecule has 1 aromatic heterocycles. The zero-order valence-electron chi connectivity index (χ0n) is 16.7. The lowest BCUT2D eigenvalue weighted by Crippen LogP contribution is -2.42. The summed E-state index contributed by atoms with van der Waals surface area (Å²) in [5.74, 6) is 0.204. The quantitative estimate of drug-likeness (QED) is 0.706. The van der Waals surface area contributed by atoms with Crippen molar-refractivity contribution in [3.05, 3.63) is 95.3 Å². The van der Waals surface area contributed by atoms with E-state index in [1.54, 1.807) is 12.4 Å². The minimum Gasteiger partial charge on any atom is -0.326 e. The molecule has 0 bridgehead atoms. The normalized spacial score (nSPS) is 20.3. The zero-order chi connectivity index (χ0) is 20.3. The molecule has 5 rings (SSSR count). The summed E-state index contributed by atoms with van der Waals surface area (Å²) in [6.07, 6.45) is 4.52. The highest BCUT2D eigenvalue weighted by molar-refractivity contribution is 6.15. The molecular weight excluding hydrogens is 372 g/mol. The van der Waals surface area contributed by atoms with Gasteiger partial charge in [0.05, 0.1) is 18.2 Å². The summed E-state index contributed by atoms with van der Waals surface area (Å²) < 4.78 is 0. The molecule has 1 fully saturated rings. The number of rotatable bonds is 4. The van der Waals surface area contributed by atoms with Crippen LogP contribution >= 0.6 is 0 Å². The minimum absolute atomic E-state index is 0.0661. The lowest BCUT2D eigenvalue weighted by molar-refractivity contribution is -0.120. The van der Waals surface area contributed by atoms with E-state index in [1.807, 2.05) is 42.5 Å². The van der Waals surface area contributed by atoms with Crippen molar-refractivity contribution in [2.24, 2.45) is 10.9 Å². The number of hydrogen-bond acceptors (Lipinski definition) is 4. The van der Waals surface area contributed by atoms with Gasteiger partial charge in [-0.25, -0.2) is 0 Å². The Morgan fingerprint density at radius 1 is 1.03 bits per heavy atom. The van der Waals surface area contributed by atoms with Gasteiger partial charge in [0.2, 0.25) is 5.91 Å². The number of benzene rings is 2. The van der Waals surface area contributed by atoms with Gasteiger partial charge in [0, 0.05) is 35.8 Å². The maximum absolute atomic E-state index is 13.2. The van der Waals surface area contributed by atoms with Gasteiger partial charge in [0.25, 0.3) is 0 Å². The molecule has 0 aliphatic carbocycles. The maximum atomic E-state index is 13.2. The number of amides is 1. The Balaban J connectivity index is 1.37. The van der Waals surface area contributed by atoms with Crippen molar-refractivity contribution in [1.82, 2.24) is 10.3 Å². The fourth-order valence-corrected chi connectivity index (χ4v) is 4.49. The molecule has 2 unspecified atom stereocenters. The second kappa shape index (κ2) is 8.20. The Morgan fingerprint density at radius 3 is 2.70 bits per heavy atom. The van der Waals surface area contributed by atoms with E-state index in [4.69, 9.17) is 4.99 Å². The summed E-state index contributed by atoms with van der Waals surface area (Å²) in [6, 6.07) is 20.4. The summed E-state index contributed by atoms with van der Waals surface area (Å²) in [5.41, 5.74) is 6.33. The van der Waals surface area contributed by atoms with Crippen LogP contribution in [-0.2, 0) is 11.3 Å². The van der Waals surface area contributed by atoms with Crippen LogP contribution < -0.4 is 10.6 Å². The van der Waals surface area contributed by atoms with E-state index in [2.05, 4.69) is 33.8 Å². The lowest BCUT2D eigenvalue weighted by atomic mass is 9.80. The molecule has 3 heterocycles. The van der Waals surface area contributed by atoms with E-state index >= 15 is 0 Å². The number of nitrogens with one attached hydrogen (secondary N) is 2. The van der Waals surface area contributed by atoms with Crippen LogP contribution in [0.2, 0.25) is 0 Å². The van der Waals surface area contributed by atoms with Crippen molar-refractivity contribution in [2.75, 3.05) is 18.4 Å². The van der Waals surface area contributed by atoms with Crippen LogP contribution in [0, 0.1) is 5.92 Å². The molecule has 0 saturated carbocycles. The maximum Gasteiger partial charge on any atom is 0.229 e. The van der Waals surface area contributed by atoms with Crippen LogP contribution in [-0.4, -0.2) is 29.7 Å². The molecule has 1 amide bonds. The molecule has 5 heteroatoms. The number of fused-ring (bicyclic) bond motifs is 1. The number of carbonyl (C=O) groups is 1. The number of hydrogen-bond donors (Lipinski definition) is 2. The first-order chi connectivity index (χ1) is 14.8. The Morgan fingerprint density at radius 2 is 1.87 bits per heavy atom. The van der Waals surface area contributed by atoms with Crippen molar-refractivity contribution in [1.29, 1.82) is 0 Å². The third kappa shape index (κ3) is 3.64. The predicted octanol–water partition coefficient (Wildman–Crippen LogP) is 3.76. The van der Waals surface area contributed by atoms with Crippen molar-refractivity contribution in [3.63, 3.8) is 0 Å². The highest BCUT2D eigenvalue weighted by Crippen LogP contribution is 2.32. The van der Waals surface area contributed by atoms with E-state index in [0.29, 0.717) is 13.1 Å². The van der Waals surface area contributed by atoms with E-state index in [-0.39, 0.29) is 17.7 Å². The third-order valence-corrected chi connectivity index (χ3v) is 6.04. The number of aliphatic imine (C=N–C) groups is 1. The predicted molar refractivity (Wildman–Crippen MR) is 119 cm³/mol. The smallest absolute Gasteiger partial charge is 0.229 e.